The lowest BCUT2D eigenvalue weighted by Crippen LogP contribution is -2.23. The zero-order valence-electron chi connectivity index (χ0n) is 14.2. The first kappa shape index (κ1) is 17.3. The molecule has 1 aliphatic rings. The molecule has 1 heterocycles. The molecule has 0 fully saturated rings. The van der Waals surface area contributed by atoms with Crippen LogP contribution in [0, 0.1) is 0 Å². The summed E-state index contributed by atoms with van der Waals surface area (Å²) in [5.41, 5.74) is 2.36. The second-order valence-electron chi connectivity index (χ2n) is 6.09. The Labute approximate surface area is 144 Å². The minimum atomic E-state index is -2.79. The van der Waals surface area contributed by atoms with Gasteiger partial charge in [0.05, 0.1) is 5.56 Å². The number of alkyl halides is 2. The number of amides is 1. The topological polar surface area (TPSA) is 59.3 Å². The van der Waals surface area contributed by atoms with Crippen LogP contribution in [0.4, 0.5) is 14.5 Å². The summed E-state index contributed by atoms with van der Waals surface area (Å²) in [5.74, 6) is -0.229. The fourth-order valence-corrected chi connectivity index (χ4v) is 3.26. The van der Waals surface area contributed by atoms with Crippen molar-refractivity contribution in [1.82, 2.24) is 9.78 Å². The summed E-state index contributed by atoms with van der Waals surface area (Å²) in [6.45, 7) is 2.62. The van der Waals surface area contributed by atoms with Gasteiger partial charge in [0, 0.05) is 25.5 Å². The first-order chi connectivity index (χ1) is 12.0. The van der Waals surface area contributed by atoms with Gasteiger partial charge < -0.3 is 5.32 Å². The van der Waals surface area contributed by atoms with Gasteiger partial charge >= 0.3 is 0 Å². The van der Waals surface area contributed by atoms with E-state index in [0.717, 1.165) is 24.9 Å². The molecule has 1 N–H and O–H groups in total. The van der Waals surface area contributed by atoms with Gasteiger partial charge in [-0.2, -0.15) is 5.10 Å². The Kier molecular flexibility index (Phi) is 4.92. The van der Waals surface area contributed by atoms with Crippen LogP contribution in [0.25, 0.3) is 0 Å². The molecule has 2 aromatic rings. The Morgan fingerprint density at radius 3 is 3.04 bits per heavy atom. The Bertz CT molecular complexity index is 813. The zero-order chi connectivity index (χ0) is 18.0. The van der Waals surface area contributed by atoms with E-state index in [4.69, 9.17) is 0 Å². The molecule has 3 rings (SSSR count). The van der Waals surface area contributed by atoms with Crippen LogP contribution in [-0.4, -0.2) is 28.4 Å². The standard InChI is InChI=1S/C18H20F2N4O/c1-3-21-8-7-12-9-11-5-4-6-14(15(11)12)22-18(25)13-10-24(2)23-16(13)17(19)20/h3-6,10,12,17H,7-9H2,1-2H3,(H,22,25). The van der Waals surface area contributed by atoms with E-state index in [1.54, 1.807) is 6.21 Å². The minimum absolute atomic E-state index is 0.0958. The first-order valence-corrected chi connectivity index (χ1v) is 8.20. The van der Waals surface area contributed by atoms with Gasteiger partial charge in [0.25, 0.3) is 12.3 Å². The summed E-state index contributed by atoms with van der Waals surface area (Å²) >= 11 is 0. The number of carbonyl (C=O) groups excluding carboxylic acids is 1. The number of hydrogen-bond acceptors (Lipinski definition) is 3. The van der Waals surface area contributed by atoms with Crippen LogP contribution in [0.3, 0.4) is 0 Å². The minimum Gasteiger partial charge on any atom is -0.322 e. The van der Waals surface area contributed by atoms with Gasteiger partial charge in [-0.15, -0.1) is 0 Å². The molecule has 1 unspecified atom stereocenters. The maximum Gasteiger partial charge on any atom is 0.282 e. The molecule has 7 heteroatoms. The Balaban J connectivity index is 1.80. The van der Waals surface area contributed by atoms with Crippen molar-refractivity contribution in [2.45, 2.75) is 32.1 Å². The maximum absolute atomic E-state index is 13.1. The third kappa shape index (κ3) is 3.45. The second kappa shape index (κ2) is 7.13. The van der Waals surface area contributed by atoms with Crippen LogP contribution < -0.4 is 5.32 Å². The number of aryl methyl sites for hydroxylation is 1. The highest BCUT2D eigenvalue weighted by Gasteiger charge is 2.30. The lowest BCUT2D eigenvalue weighted by molar-refractivity contribution is 0.101. The smallest absolute Gasteiger partial charge is 0.282 e. The molecule has 0 aliphatic heterocycles. The van der Waals surface area contributed by atoms with E-state index < -0.39 is 18.0 Å². The molecule has 5 nitrogen and oxygen atoms in total. The summed E-state index contributed by atoms with van der Waals surface area (Å²) < 4.78 is 27.3. The number of benzene rings is 1. The third-order valence-corrected chi connectivity index (χ3v) is 4.42. The van der Waals surface area contributed by atoms with Gasteiger partial charge in [0.1, 0.15) is 5.69 Å². The quantitative estimate of drug-likeness (QED) is 0.810. The van der Waals surface area contributed by atoms with E-state index in [-0.39, 0.29) is 5.56 Å². The molecule has 0 saturated carbocycles. The largest absolute Gasteiger partial charge is 0.322 e. The second-order valence-corrected chi connectivity index (χ2v) is 6.09. The fraction of sp³-hybridized carbons (Fsp3) is 0.389. The normalized spacial score (nSPS) is 16.1. The average Bonchev–Trinajstić information content (AvgIpc) is 2.94. The van der Waals surface area contributed by atoms with Crippen molar-refractivity contribution in [2.75, 3.05) is 11.9 Å². The number of carbonyl (C=O) groups is 1. The Hall–Kier alpha value is -2.57. The molecule has 1 aromatic carbocycles. The number of nitrogens with zero attached hydrogens (tertiary/aromatic N) is 3. The van der Waals surface area contributed by atoms with Crippen LogP contribution in [0.5, 0.6) is 0 Å². The number of anilines is 1. The maximum atomic E-state index is 13.1. The molecule has 1 aliphatic carbocycles. The van der Waals surface area contributed by atoms with Crippen LogP contribution >= 0.6 is 0 Å². The SMILES string of the molecule is CC=NCCC1Cc2cccc(NC(=O)c3cn(C)nc3C(F)F)c21. The Morgan fingerprint density at radius 2 is 2.32 bits per heavy atom. The van der Waals surface area contributed by atoms with E-state index in [1.165, 1.54) is 23.5 Å². The Morgan fingerprint density at radius 1 is 1.52 bits per heavy atom. The number of rotatable bonds is 6. The number of aliphatic imine (C=N–C) groups is 1. The number of fused-ring (bicyclic) bond motifs is 1. The van der Waals surface area contributed by atoms with Gasteiger partial charge in [-0.3, -0.25) is 14.5 Å². The van der Waals surface area contributed by atoms with Crippen molar-refractivity contribution in [2.24, 2.45) is 12.0 Å². The number of hydrogen-bond donors (Lipinski definition) is 1. The van der Waals surface area contributed by atoms with Gasteiger partial charge in [0.2, 0.25) is 0 Å². The number of halogens is 2. The number of aromatic nitrogens is 2. The van der Waals surface area contributed by atoms with E-state index in [0.29, 0.717) is 11.6 Å². The number of nitrogens with one attached hydrogen (secondary N) is 1. The highest BCUT2D eigenvalue weighted by Crippen LogP contribution is 2.42. The summed E-state index contributed by atoms with van der Waals surface area (Å²) in [4.78, 5) is 16.7. The van der Waals surface area contributed by atoms with Crippen LogP contribution in [0.2, 0.25) is 0 Å². The summed E-state index contributed by atoms with van der Waals surface area (Å²) in [7, 11) is 1.52. The highest BCUT2D eigenvalue weighted by molar-refractivity contribution is 6.05. The van der Waals surface area contributed by atoms with E-state index >= 15 is 0 Å². The van der Waals surface area contributed by atoms with Gasteiger partial charge in [-0.1, -0.05) is 12.1 Å². The molecule has 132 valence electrons. The van der Waals surface area contributed by atoms with Crippen molar-refractivity contribution in [1.29, 1.82) is 0 Å². The molecule has 1 amide bonds. The predicted octanol–water partition coefficient (Wildman–Crippen LogP) is 3.73. The van der Waals surface area contributed by atoms with Crippen LogP contribution in [-0.2, 0) is 13.5 Å². The van der Waals surface area contributed by atoms with Gasteiger partial charge in [0.15, 0.2) is 0 Å². The molecule has 1 atom stereocenters. The lowest BCUT2D eigenvalue weighted by Gasteiger charge is -2.32. The summed E-state index contributed by atoms with van der Waals surface area (Å²) in [6.07, 6.45) is 2.16. The van der Waals surface area contributed by atoms with Crippen molar-refractivity contribution < 1.29 is 13.6 Å². The van der Waals surface area contributed by atoms with Crippen molar-refractivity contribution in [3.8, 4) is 0 Å². The van der Waals surface area contributed by atoms with Crippen molar-refractivity contribution in [3.63, 3.8) is 0 Å². The third-order valence-electron chi connectivity index (χ3n) is 4.42. The molecule has 1 aromatic heterocycles. The molecular formula is C18H20F2N4O. The van der Waals surface area contributed by atoms with E-state index in [2.05, 4.69) is 15.4 Å². The lowest BCUT2D eigenvalue weighted by atomic mass is 9.74. The molecule has 0 bridgehead atoms. The average molecular weight is 346 g/mol. The molecule has 0 spiro atoms. The van der Waals surface area contributed by atoms with Crippen molar-refractivity contribution >= 4 is 17.8 Å². The summed E-state index contributed by atoms with van der Waals surface area (Å²) in [6, 6.07) is 5.70. The molecule has 0 saturated heterocycles. The van der Waals surface area contributed by atoms with Crippen molar-refractivity contribution in [3.05, 3.63) is 46.8 Å². The predicted molar refractivity (Wildman–Crippen MR) is 92.7 cm³/mol. The molecule has 0 radical (unpaired) electrons. The van der Waals surface area contributed by atoms with Crippen LogP contribution in [0.1, 0.15) is 52.9 Å². The molecular weight excluding hydrogens is 326 g/mol. The van der Waals surface area contributed by atoms with Gasteiger partial charge in [-0.05, 0) is 49.1 Å². The fourth-order valence-electron chi connectivity index (χ4n) is 3.26. The van der Waals surface area contributed by atoms with Gasteiger partial charge in [-0.25, -0.2) is 8.78 Å². The zero-order valence-corrected chi connectivity index (χ0v) is 14.2. The first-order valence-electron chi connectivity index (χ1n) is 8.20. The van der Waals surface area contributed by atoms with E-state index in [9.17, 15) is 13.6 Å². The molecule has 25 heavy (non-hydrogen) atoms. The monoisotopic (exact) mass is 346 g/mol. The van der Waals surface area contributed by atoms with Crippen LogP contribution in [0.15, 0.2) is 29.4 Å². The summed E-state index contributed by atoms with van der Waals surface area (Å²) in [5, 5.41) is 6.47. The highest BCUT2D eigenvalue weighted by atomic mass is 19.3. The van der Waals surface area contributed by atoms with E-state index in [1.807, 2.05) is 25.1 Å².